The topological polar surface area (TPSA) is 30.5 Å². The molecule has 0 atom stereocenters. The second-order valence-corrected chi connectivity index (χ2v) is 6.34. The van der Waals surface area contributed by atoms with Crippen LogP contribution in [0.3, 0.4) is 0 Å². The highest BCUT2D eigenvalue weighted by molar-refractivity contribution is 7.11. The third-order valence-corrected chi connectivity index (χ3v) is 4.78. The monoisotopic (exact) mass is 311 g/mol. The smallest absolute Gasteiger partial charge is 0.0764 e. The van der Waals surface area contributed by atoms with Gasteiger partial charge in [0.05, 0.1) is 19.3 Å². The fourth-order valence-corrected chi connectivity index (χ4v) is 3.63. The standard InChI is InChI=1S/C15H21NO2S2/c1-17-9-10-18-8-4-7-16-15(13-5-2-11-19-13)14-6-3-12-20-14/h2-3,5-6,11-12,15-16H,4,7-10H2,1H3. The van der Waals surface area contributed by atoms with Crippen molar-refractivity contribution < 1.29 is 9.47 Å². The Labute approximate surface area is 128 Å². The maximum absolute atomic E-state index is 5.48. The molecule has 0 spiro atoms. The molecular weight excluding hydrogens is 290 g/mol. The Kier molecular flexibility index (Phi) is 7.25. The van der Waals surface area contributed by atoms with Crippen molar-refractivity contribution >= 4 is 22.7 Å². The highest BCUT2D eigenvalue weighted by Crippen LogP contribution is 2.28. The Morgan fingerprint density at radius 2 is 1.75 bits per heavy atom. The van der Waals surface area contributed by atoms with E-state index in [2.05, 4.69) is 40.3 Å². The van der Waals surface area contributed by atoms with Crippen LogP contribution in [0.25, 0.3) is 0 Å². The Bertz CT molecular complexity index is 408. The van der Waals surface area contributed by atoms with Gasteiger partial charge in [0, 0.05) is 23.5 Å². The molecule has 0 amide bonds. The lowest BCUT2D eigenvalue weighted by Crippen LogP contribution is -2.23. The molecule has 0 aliphatic rings. The lowest BCUT2D eigenvalue weighted by molar-refractivity contribution is 0.0693. The molecule has 5 heteroatoms. The van der Waals surface area contributed by atoms with Crippen molar-refractivity contribution in [1.82, 2.24) is 5.32 Å². The summed E-state index contributed by atoms with van der Waals surface area (Å²) in [5, 5.41) is 7.89. The van der Waals surface area contributed by atoms with Gasteiger partial charge in [-0.25, -0.2) is 0 Å². The van der Waals surface area contributed by atoms with Gasteiger partial charge in [0.25, 0.3) is 0 Å². The van der Waals surface area contributed by atoms with Crippen LogP contribution in [0.4, 0.5) is 0 Å². The van der Waals surface area contributed by atoms with Crippen LogP contribution in [0.5, 0.6) is 0 Å². The minimum absolute atomic E-state index is 0.314. The second-order valence-electron chi connectivity index (χ2n) is 4.38. The van der Waals surface area contributed by atoms with E-state index in [9.17, 15) is 0 Å². The van der Waals surface area contributed by atoms with Gasteiger partial charge in [-0.2, -0.15) is 0 Å². The fraction of sp³-hybridized carbons (Fsp3) is 0.467. The summed E-state index contributed by atoms with van der Waals surface area (Å²) >= 11 is 3.60. The molecule has 2 aromatic rings. The number of ether oxygens (including phenoxy) is 2. The minimum atomic E-state index is 0.314. The van der Waals surface area contributed by atoms with Crippen molar-refractivity contribution in [2.75, 3.05) is 33.5 Å². The molecule has 0 unspecified atom stereocenters. The average Bonchev–Trinajstić information content (AvgIpc) is 3.14. The molecule has 0 aliphatic heterocycles. The van der Waals surface area contributed by atoms with Crippen molar-refractivity contribution in [3.63, 3.8) is 0 Å². The zero-order valence-electron chi connectivity index (χ0n) is 11.7. The van der Waals surface area contributed by atoms with Gasteiger partial charge in [-0.05, 0) is 35.9 Å². The maximum atomic E-state index is 5.48. The first kappa shape index (κ1) is 15.7. The lowest BCUT2D eigenvalue weighted by atomic mass is 10.2. The van der Waals surface area contributed by atoms with E-state index in [4.69, 9.17) is 9.47 Å². The normalized spacial score (nSPS) is 11.3. The largest absolute Gasteiger partial charge is 0.382 e. The van der Waals surface area contributed by atoms with Gasteiger partial charge in [0.2, 0.25) is 0 Å². The van der Waals surface area contributed by atoms with Crippen molar-refractivity contribution in [3.8, 4) is 0 Å². The van der Waals surface area contributed by atoms with Gasteiger partial charge in [-0.15, -0.1) is 22.7 Å². The van der Waals surface area contributed by atoms with Crippen LogP contribution in [-0.4, -0.2) is 33.5 Å². The Hall–Kier alpha value is -0.720. The van der Waals surface area contributed by atoms with Crippen LogP contribution in [-0.2, 0) is 9.47 Å². The van der Waals surface area contributed by atoms with Crippen LogP contribution >= 0.6 is 22.7 Å². The van der Waals surface area contributed by atoms with Gasteiger partial charge < -0.3 is 14.8 Å². The predicted molar refractivity (Wildman–Crippen MR) is 85.8 cm³/mol. The van der Waals surface area contributed by atoms with Crippen molar-refractivity contribution in [2.45, 2.75) is 12.5 Å². The third-order valence-electron chi connectivity index (χ3n) is 2.90. The number of nitrogens with one attached hydrogen (secondary N) is 1. The third kappa shape index (κ3) is 5.00. The lowest BCUT2D eigenvalue weighted by Gasteiger charge is -2.16. The summed E-state index contributed by atoms with van der Waals surface area (Å²) in [4.78, 5) is 2.74. The molecule has 2 heterocycles. The molecule has 2 aromatic heterocycles. The summed E-state index contributed by atoms with van der Waals surface area (Å²) in [6.45, 7) is 3.07. The van der Waals surface area contributed by atoms with Crippen LogP contribution < -0.4 is 5.32 Å². The van der Waals surface area contributed by atoms with Crippen molar-refractivity contribution in [1.29, 1.82) is 0 Å². The molecule has 1 N–H and O–H groups in total. The highest BCUT2D eigenvalue weighted by atomic mass is 32.1. The Morgan fingerprint density at radius 1 is 1.05 bits per heavy atom. The highest BCUT2D eigenvalue weighted by Gasteiger charge is 2.14. The van der Waals surface area contributed by atoms with Gasteiger partial charge in [0.1, 0.15) is 0 Å². The molecule has 0 aliphatic carbocycles. The van der Waals surface area contributed by atoms with Crippen LogP contribution in [0.2, 0.25) is 0 Å². The first-order valence-corrected chi connectivity index (χ1v) is 8.54. The number of hydrogen-bond donors (Lipinski definition) is 1. The van der Waals surface area contributed by atoms with Crippen molar-refractivity contribution in [2.24, 2.45) is 0 Å². The van der Waals surface area contributed by atoms with E-state index in [-0.39, 0.29) is 0 Å². The first-order valence-electron chi connectivity index (χ1n) is 6.78. The zero-order chi connectivity index (χ0) is 14.0. The van der Waals surface area contributed by atoms with E-state index in [1.165, 1.54) is 9.75 Å². The summed E-state index contributed by atoms with van der Waals surface area (Å²) in [5.41, 5.74) is 0. The molecule has 0 aromatic carbocycles. The number of hydrogen-bond acceptors (Lipinski definition) is 5. The molecule has 0 fully saturated rings. The van der Waals surface area contributed by atoms with Gasteiger partial charge in [-0.3, -0.25) is 0 Å². The van der Waals surface area contributed by atoms with Gasteiger partial charge >= 0.3 is 0 Å². The summed E-state index contributed by atoms with van der Waals surface area (Å²) in [6, 6.07) is 8.91. The van der Waals surface area contributed by atoms with E-state index in [0.29, 0.717) is 19.3 Å². The zero-order valence-corrected chi connectivity index (χ0v) is 13.3. The maximum Gasteiger partial charge on any atom is 0.0764 e. The Balaban J connectivity index is 1.75. The van der Waals surface area contributed by atoms with Crippen molar-refractivity contribution in [3.05, 3.63) is 44.8 Å². The number of thiophene rings is 2. The van der Waals surface area contributed by atoms with E-state index < -0.39 is 0 Å². The molecule has 0 saturated heterocycles. The molecule has 0 radical (unpaired) electrons. The van der Waals surface area contributed by atoms with Crippen LogP contribution in [0.1, 0.15) is 22.2 Å². The molecule has 20 heavy (non-hydrogen) atoms. The SMILES string of the molecule is COCCOCCCNC(c1cccs1)c1cccs1. The molecule has 2 rings (SSSR count). The second kappa shape index (κ2) is 9.26. The average molecular weight is 311 g/mol. The summed E-state index contributed by atoms with van der Waals surface area (Å²) in [6.07, 6.45) is 1.01. The summed E-state index contributed by atoms with van der Waals surface area (Å²) in [5.74, 6) is 0. The molecule has 110 valence electrons. The van der Waals surface area contributed by atoms with E-state index in [1.807, 2.05) is 0 Å². The Morgan fingerprint density at radius 3 is 2.30 bits per heavy atom. The number of methoxy groups -OCH3 is 1. The van der Waals surface area contributed by atoms with Crippen LogP contribution in [0, 0.1) is 0 Å². The van der Waals surface area contributed by atoms with Crippen LogP contribution in [0.15, 0.2) is 35.0 Å². The molecule has 3 nitrogen and oxygen atoms in total. The molecular formula is C15H21NO2S2. The minimum Gasteiger partial charge on any atom is -0.382 e. The summed E-state index contributed by atoms with van der Waals surface area (Å²) in [7, 11) is 1.69. The molecule has 0 bridgehead atoms. The van der Waals surface area contributed by atoms with E-state index >= 15 is 0 Å². The molecule has 0 saturated carbocycles. The quantitative estimate of drug-likeness (QED) is 0.681. The predicted octanol–water partition coefficient (Wildman–Crippen LogP) is 3.54. The summed E-state index contributed by atoms with van der Waals surface area (Å²) < 4.78 is 10.4. The number of rotatable bonds is 10. The van der Waals surface area contributed by atoms with Gasteiger partial charge in [0.15, 0.2) is 0 Å². The fourth-order valence-electron chi connectivity index (χ4n) is 1.92. The first-order chi connectivity index (χ1) is 9.92. The van der Waals surface area contributed by atoms with E-state index in [0.717, 1.165) is 19.6 Å². The van der Waals surface area contributed by atoms with E-state index in [1.54, 1.807) is 29.8 Å². The van der Waals surface area contributed by atoms with Gasteiger partial charge in [-0.1, -0.05) is 12.1 Å².